The topological polar surface area (TPSA) is 133 Å². The molecule has 5 rings (SSSR count). The molecule has 11 nitrogen and oxygen atoms in total. The van der Waals surface area contributed by atoms with Gasteiger partial charge in [0.25, 0.3) is 0 Å². The molecule has 3 aromatic heterocycles. The molecule has 0 bridgehead atoms. The Morgan fingerprint density at radius 3 is 2.92 bits per heavy atom. The molecule has 1 amide bonds. The molecule has 0 unspecified atom stereocenters. The van der Waals surface area contributed by atoms with E-state index >= 15 is 0 Å². The van der Waals surface area contributed by atoms with Gasteiger partial charge in [-0.2, -0.15) is 10.1 Å². The number of aliphatic hydroxyl groups excluding tert-OH is 1. The molecule has 12 heteroatoms. The van der Waals surface area contributed by atoms with Gasteiger partial charge in [0.2, 0.25) is 11.9 Å². The van der Waals surface area contributed by atoms with Crippen LogP contribution in [0.4, 0.5) is 17.5 Å². The predicted molar refractivity (Wildman–Crippen MR) is 137 cm³/mol. The number of fused-ring (bicyclic) bond motifs is 1. The zero-order valence-electron chi connectivity index (χ0n) is 19.8. The van der Waals surface area contributed by atoms with Crippen molar-refractivity contribution < 1.29 is 14.6 Å². The summed E-state index contributed by atoms with van der Waals surface area (Å²) in [7, 11) is 0. The lowest BCUT2D eigenvalue weighted by Crippen LogP contribution is -2.32. The molecule has 1 atom stereocenters. The summed E-state index contributed by atoms with van der Waals surface area (Å²) in [4.78, 5) is 24.8. The average molecular weight is 509 g/mol. The van der Waals surface area contributed by atoms with Crippen molar-refractivity contribution in [3.05, 3.63) is 54.4 Å². The Kier molecular flexibility index (Phi) is 7.47. The van der Waals surface area contributed by atoms with Crippen LogP contribution in [0.1, 0.15) is 12.1 Å². The van der Waals surface area contributed by atoms with Crippen LogP contribution in [0.15, 0.2) is 58.7 Å². The van der Waals surface area contributed by atoms with E-state index in [-0.39, 0.29) is 18.6 Å². The normalized spacial score (nSPS) is 16.0. The minimum Gasteiger partial charge on any atom is -0.394 e. The highest BCUT2D eigenvalue weighted by Gasteiger charge is 2.24. The number of benzene rings is 1. The highest BCUT2D eigenvalue weighted by Crippen LogP contribution is 2.28. The third-order valence-corrected chi connectivity index (χ3v) is 6.57. The fourth-order valence-electron chi connectivity index (χ4n) is 4.05. The summed E-state index contributed by atoms with van der Waals surface area (Å²) >= 11 is 1.44. The van der Waals surface area contributed by atoms with Gasteiger partial charge in [0.15, 0.2) is 11.0 Å². The van der Waals surface area contributed by atoms with Crippen molar-refractivity contribution in [2.45, 2.75) is 29.5 Å². The number of aromatic nitrogens is 5. The summed E-state index contributed by atoms with van der Waals surface area (Å²) in [6.45, 7) is 4.11. The van der Waals surface area contributed by atoms with Crippen LogP contribution in [-0.4, -0.2) is 79.4 Å². The van der Waals surface area contributed by atoms with Crippen LogP contribution in [-0.2, 0) is 9.53 Å². The van der Waals surface area contributed by atoms with Crippen molar-refractivity contribution in [1.82, 2.24) is 29.5 Å². The SMILES string of the molecule is Cc1cc(Nc2nc(Sc3ccc(NC(=O)CN4CC[C@@H](OCCO)C4)cc3)nc3cccn23)n[nH]1. The Balaban J connectivity index is 1.19. The van der Waals surface area contributed by atoms with Gasteiger partial charge in [-0.25, -0.2) is 4.98 Å². The van der Waals surface area contributed by atoms with E-state index in [1.165, 1.54) is 11.8 Å². The number of carbonyl (C=O) groups is 1. The summed E-state index contributed by atoms with van der Waals surface area (Å²) in [5.74, 6) is 1.23. The second-order valence-electron chi connectivity index (χ2n) is 8.54. The maximum absolute atomic E-state index is 12.5. The summed E-state index contributed by atoms with van der Waals surface area (Å²) < 4.78 is 7.42. The van der Waals surface area contributed by atoms with Crippen LogP contribution < -0.4 is 10.6 Å². The lowest BCUT2D eigenvalue weighted by atomic mass is 10.3. The lowest BCUT2D eigenvalue weighted by molar-refractivity contribution is -0.117. The van der Waals surface area contributed by atoms with Gasteiger partial charge in [-0.3, -0.25) is 19.2 Å². The Morgan fingerprint density at radius 2 is 2.14 bits per heavy atom. The molecule has 36 heavy (non-hydrogen) atoms. The standard InChI is InChI=1S/C24H28N8O3S/c1-16-13-20(30-29-16)26-23-28-24(27-21-3-2-9-32(21)23)36-19-6-4-17(5-7-19)25-22(34)15-31-10-8-18(14-31)35-12-11-33/h2-7,9,13,18,33H,8,10-12,14-15H2,1H3,(H,25,34)(H2,26,27,28,29,30)/t18-/m1/s1. The quantitative estimate of drug-likeness (QED) is 0.255. The number of carbonyl (C=O) groups excluding carboxylic acids is 1. The number of aliphatic hydroxyl groups is 1. The van der Waals surface area contributed by atoms with Crippen molar-refractivity contribution in [3.8, 4) is 0 Å². The highest BCUT2D eigenvalue weighted by atomic mass is 32.2. The van der Waals surface area contributed by atoms with Crippen molar-refractivity contribution in [1.29, 1.82) is 0 Å². The van der Waals surface area contributed by atoms with Crippen LogP contribution in [0.3, 0.4) is 0 Å². The molecule has 1 aromatic carbocycles. The number of aromatic amines is 1. The third kappa shape index (κ3) is 6.02. The molecule has 0 radical (unpaired) electrons. The number of amides is 1. The summed E-state index contributed by atoms with van der Waals surface area (Å²) in [5.41, 5.74) is 2.46. The van der Waals surface area contributed by atoms with E-state index in [2.05, 4.69) is 35.7 Å². The second kappa shape index (κ2) is 11.1. The number of nitrogens with one attached hydrogen (secondary N) is 3. The Hall–Kier alpha value is -3.45. The summed E-state index contributed by atoms with van der Waals surface area (Å²) in [6, 6.07) is 13.4. The number of rotatable bonds is 10. The Labute approximate surface area is 212 Å². The zero-order valence-corrected chi connectivity index (χ0v) is 20.7. The minimum atomic E-state index is -0.0652. The number of nitrogens with zero attached hydrogens (tertiary/aromatic N) is 5. The molecular formula is C24H28N8O3S. The van der Waals surface area contributed by atoms with Crippen LogP contribution in [0, 0.1) is 6.92 Å². The van der Waals surface area contributed by atoms with E-state index in [0.717, 1.165) is 34.9 Å². The number of anilines is 3. The van der Waals surface area contributed by atoms with Gasteiger partial charge < -0.3 is 20.5 Å². The van der Waals surface area contributed by atoms with E-state index in [1.54, 1.807) is 0 Å². The van der Waals surface area contributed by atoms with Crippen LogP contribution in [0.2, 0.25) is 0 Å². The molecule has 1 aliphatic rings. The van der Waals surface area contributed by atoms with Crippen LogP contribution in [0.5, 0.6) is 0 Å². The fourth-order valence-corrected chi connectivity index (χ4v) is 4.81. The maximum Gasteiger partial charge on any atom is 0.238 e. The van der Waals surface area contributed by atoms with E-state index in [1.807, 2.05) is 60.0 Å². The molecule has 4 aromatic rings. The number of likely N-dealkylation sites (tertiary alicyclic amines) is 1. The van der Waals surface area contributed by atoms with Gasteiger partial charge in [0.1, 0.15) is 5.65 Å². The number of ether oxygens (including phenoxy) is 1. The smallest absolute Gasteiger partial charge is 0.238 e. The van der Waals surface area contributed by atoms with Crippen LogP contribution >= 0.6 is 11.8 Å². The molecule has 4 heterocycles. The molecule has 1 aliphatic heterocycles. The average Bonchev–Trinajstić information content (AvgIpc) is 3.61. The van der Waals surface area contributed by atoms with Gasteiger partial charge in [0.05, 0.1) is 25.9 Å². The summed E-state index contributed by atoms with van der Waals surface area (Å²) in [6.07, 6.45) is 2.84. The maximum atomic E-state index is 12.5. The zero-order chi connectivity index (χ0) is 24.9. The molecule has 0 spiro atoms. The lowest BCUT2D eigenvalue weighted by Gasteiger charge is -2.16. The molecule has 1 fully saturated rings. The Morgan fingerprint density at radius 1 is 1.28 bits per heavy atom. The summed E-state index contributed by atoms with van der Waals surface area (Å²) in [5, 5.41) is 22.8. The second-order valence-corrected chi connectivity index (χ2v) is 9.58. The third-order valence-electron chi connectivity index (χ3n) is 5.70. The first-order valence-corrected chi connectivity index (χ1v) is 12.5. The predicted octanol–water partition coefficient (Wildman–Crippen LogP) is 2.68. The molecule has 1 saturated heterocycles. The first kappa shape index (κ1) is 24.3. The molecule has 0 saturated carbocycles. The first-order chi connectivity index (χ1) is 17.6. The first-order valence-electron chi connectivity index (χ1n) is 11.7. The number of hydrogen-bond donors (Lipinski definition) is 4. The van der Waals surface area contributed by atoms with Crippen LogP contribution in [0.25, 0.3) is 5.65 Å². The Bertz CT molecular complexity index is 1320. The fraction of sp³-hybridized carbons (Fsp3) is 0.333. The molecule has 188 valence electrons. The van der Waals surface area contributed by atoms with Gasteiger partial charge in [0, 0.05) is 41.6 Å². The molecule has 0 aliphatic carbocycles. The van der Waals surface area contributed by atoms with Crippen molar-refractivity contribution in [3.63, 3.8) is 0 Å². The van der Waals surface area contributed by atoms with Crippen molar-refractivity contribution >= 4 is 40.8 Å². The van der Waals surface area contributed by atoms with Gasteiger partial charge in [-0.15, -0.1) is 0 Å². The number of H-pyrrole nitrogens is 1. The minimum absolute atomic E-state index is 0.0152. The number of hydrogen-bond acceptors (Lipinski definition) is 9. The number of aryl methyl sites for hydroxylation is 1. The van der Waals surface area contributed by atoms with E-state index in [9.17, 15) is 4.79 Å². The van der Waals surface area contributed by atoms with E-state index in [0.29, 0.717) is 36.6 Å². The van der Waals surface area contributed by atoms with E-state index in [4.69, 9.17) is 9.84 Å². The highest BCUT2D eigenvalue weighted by molar-refractivity contribution is 7.99. The van der Waals surface area contributed by atoms with Gasteiger partial charge in [-0.1, -0.05) is 0 Å². The van der Waals surface area contributed by atoms with E-state index < -0.39 is 0 Å². The van der Waals surface area contributed by atoms with Crippen molar-refractivity contribution in [2.24, 2.45) is 0 Å². The monoisotopic (exact) mass is 508 g/mol. The largest absolute Gasteiger partial charge is 0.394 e. The van der Waals surface area contributed by atoms with Gasteiger partial charge in [-0.05, 0) is 61.5 Å². The van der Waals surface area contributed by atoms with Crippen molar-refractivity contribution in [2.75, 3.05) is 43.5 Å². The molecular weight excluding hydrogens is 480 g/mol. The van der Waals surface area contributed by atoms with Gasteiger partial charge >= 0.3 is 0 Å². The molecule has 4 N–H and O–H groups in total.